The highest BCUT2D eigenvalue weighted by Gasteiger charge is 2.20. The molecule has 1 saturated heterocycles. The van der Waals surface area contributed by atoms with Crippen molar-refractivity contribution in [3.8, 4) is 11.3 Å². The number of benzene rings is 2. The van der Waals surface area contributed by atoms with E-state index in [0.717, 1.165) is 30.5 Å². The molecule has 0 amide bonds. The van der Waals surface area contributed by atoms with Crippen molar-refractivity contribution < 1.29 is 8.42 Å². The van der Waals surface area contributed by atoms with E-state index in [1.165, 1.54) is 44.1 Å². The summed E-state index contributed by atoms with van der Waals surface area (Å²) in [7, 11) is -2.07. The molecule has 2 aromatic carbocycles. The van der Waals surface area contributed by atoms with Crippen molar-refractivity contribution in [1.29, 1.82) is 0 Å². The first-order valence-corrected chi connectivity index (χ1v) is 14.3. The van der Waals surface area contributed by atoms with Crippen molar-refractivity contribution in [1.82, 2.24) is 24.6 Å². The van der Waals surface area contributed by atoms with Crippen LogP contribution in [0, 0.1) is 0 Å². The summed E-state index contributed by atoms with van der Waals surface area (Å²) in [5, 5.41) is 8.91. The van der Waals surface area contributed by atoms with Gasteiger partial charge in [0.2, 0.25) is 5.95 Å². The topological polar surface area (TPSA) is 105 Å². The number of aryl methyl sites for hydroxylation is 1. The maximum Gasteiger partial charge on any atom is 0.263 e. The van der Waals surface area contributed by atoms with Gasteiger partial charge in [-0.1, -0.05) is 41.4 Å². The fraction of sp³-hybridized carbons (Fsp3) is 0.320. The van der Waals surface area contributed by atoms with Crippen LogP contribution in [0.2, 0.25) is 10.0 Å². The number of hydrogen-bond donors (Lipinski definition) is 2. The van der Waals surface area contributed by atoms with Crippen LogP contribution in [0.15, 0.2) is 53.6 Å². The van der Waals surface area contributed by atoms with Crippen LogP contribution < -0.4 is 10.0 Å². The minimum atomic E-state index is -3.91. The summed E-state index contributed by atoms with van der Waals surface area (Å²) in [6.45, 7) is 4.29. The maximum atomic E-state index is 12.8. The lowest BCUT2D eigenvalue weighted by atomic mass is 10.1. The third-order valence-corrected chi connectivity index (χ3v) is 8.68. The molecule has 5 rings (SSSR count). The van der Waals surface area contributed by atoms with Crippen LogP contribution in [0.1, 0.15) is 19.3 Å². The lowest BCUT2D eigenvalue weighted by molar-refractivity contribution is 0.337. The molecule has 0 atom stereocenters. The number of aromatic nitrogens is 4. The molecule has 9 nitrogen and oxygen atoms in total. The Kier molecular flexibility index (Phi) is 7.52. The first-order valence-electron chi connectivity index (χ1n) is 12.0. The second-order valence-corrected chi connectivity index (χ2v) is 11.4. The van der Waals surface area contributed by atoms with Crippen LogP contribution in [-0.2, 0) is 17.1 Å². The van der Waals surface area contributed by atoms with Gasteiger partial charge in [0.15, 0.2) is 5.65 Å². The first-order chi connectivity index (χ1) is 17.8. The number of hydrogen-bond acceptors (Lipinski definition) is 7. The van der Waals surface area contributed by atoms with E-state index >= 15 is 0 Å². The Morgan fingerprint density at radius 1 is 1.05 bits per heavy atom. The minimum Gasteiger partial charge on any atom is -0.354 e. The van der Waals surface area contributed by atoms with Gasteiger partial charge < -0.3 is 10.2 Å². The Labute approximate surface area is 225 Å². The van der Waals surface area contributed by atoms with E-state index in [2.05, 4.69) is 30.0 Å². The molecule has 37 heavy (non-hydrogen) atoms. The normalized spacial score (nSPS) is 14.4. The number of likely N-dealkylation sites (tertiary alicyclic amines) is 1. The Bertz CT molecular complexity index is 1520. The quantitative estimate of drug-likeness (QED) is 0.277. The van der Waals surface area contributed by atoms with Crippen LogP contribution in [0.3, 0.4) is 0 Å². The molecule has 3 heterocycles. The molecule has 0 unspecified atom stereocenters. The summed E-state index contributed by atoms with van der Waals surface area (Å²) >= 11 is 12.1. The van der Waals surface area contributed by atoms with E-state index in [0.29, 0.717) is 23.0 Å². The zero-order valence-electron chi connectivity index (χ0n) is 20.3. The van der Waals surface area contributed by atoms with Gasteiger partial charge in [-0.3, -0.25) is 4.72 Å². The molecule has 2 N–H and O–H groups in total. The predicted octanol–water partition coefficient (Wildman–Crippen LogP) is 5.04. The number of rotatable bonds is 9. The molecule has 0 saturated carbocycles. The zero-order chi connectivity index (χ0) is 26.0. The molecule has 0 aliphatic carbocycles. The number of nitrogens with one attached hydrogen (secondary N) is 2. The van der Waals surface area contributed by atoms with Gasteiger partial charge in [-0.05, 0) is 63.2 Å². The van der Waals surface area contributed by atoms with E-state index in [9.17, 15) is 8.42 Å². The van der Waals surface area contributed by atoms with Crippen LogP contribution in [0.4, 0.5) is 11.6 Å². The molecule has 4 aromatic rings. The third kappa shape index (κ3) is 5.67. The van der Waals surface area contributed by atoms with Crippen molar-refractivity contribution in [3.63, 3.8) is 0 Å². The summed E-state index contributed by atoms with van der Waals surface area (Å²) < 4.78 is 29.9. The van der Waals surface area contributed by atoms with Gasteiger partial charge in [-0.25, -0.2) is 18.1 Å². The number of halogens is 2. The van der Waals surface area contributed by atoms with Crippen molar-refractivity contribution >= 4 is 55.9 Å². The molecule has 0 spiro atoms. The summed E-state index contributed by atoms with van der Waals surface area (Å²) in [6.07, 6.45) is 5.40. The van der Waals surface area contributed by atoms with Crippen molar-refractivity contribution in [2.45, 2.75) is 24.2 Å². The summed E-state index contributed by atoms with van der Waals surface area (Å²) in [5.74, 6) is 0.577. The van der Waals surface area contributed by atoms with Crippen LogP contribution in [0.5, 0.6) is 0 Å². The van der Waals surface area contributed by atoms with Gasteiger partial charge in [0.25, 0.3) is 10.0 Å². The van der Waals surface area contributed by atoms with Crippen LogP contribution >= 0.6 is 23.2 Å². The number of nitrogens with zero attached hydrogens (tertiary/aromatic N) is 5. The third-order valence-electron chi connectivity index (χ3n) is 6.33. The second-order valence-electron chi connectivity index (χ2n) is 8.97. The molecule has 1 aliphatic heterocycles. The number of sulfonamides is 1. The summed E-state index contributed by atoms with van der Waals surface area (Å²) in [6, 6.07) is 11.4. The Hall–Kier alpha value is -2.92. The predicted molar refractivity (Wildman–Crippen MR) is 148 cm³/mol. The zero-order valence-corrected chi connectivity index (χ0v) is 22.6. The van der Waals surface area contributed by atoms with Crippen LogP contribution in [0.25, 0.3) is 22.3 Å². The molecule has 1 fully saturated rings. The molecule has 1 aliphatic rings. The fourth-order valence-corrected chi connectivity index (χ4v) is 6.26. The monoisotopic (exact) mass is 559 g/mol. The lowest BCUT2D eigenvalue weighted by Crippen LogP contribution is -2.22. The first kappa shape index (κ1) is 25.7. The highest BCUT2D eigenvalue weighted by molar-refractivity contribution is 7.92. The Morgan fingerprint density at radius 2 is 1.81 bits per heavy atom. The highest BCUT2D eigenvalue weighted by Crippen LogP contribution is 2.31. The van der Waals surface area contributed by atoms with Gasteiger partial charge in [-0.15, -0.1) is 0 Å². The fourth-order valence-electron chi connectivity index (χ4n) is 4.44. The van der Waals surface area contributed by atoms with Crippen LogP contribution in [-0.4, -0.2) is 59.2 Å². The summed E-state index contributed by atoms with van der Waals surface area (Å²) in [4.78, 5) is 11.5. The largest absolute Gasteiger partial charge is 0.354 e. The van der Waals surface area contributed by atoms with Crippen molar-refractivity contribution in [2.24, 2.45) is 7.05 Å². The molecule has 2 aromatic heterocycles. The van der Waals surface area contributed by atoms with E-state index < -0.39 is 10.0 Å². The second kappa shape index (κ2) is 10.8. The lowest BCUT2D eigenvalue weighted by Gasteiger charge is -2.14. The van der Waals surface area contributed by atoms with Gasteiger partial charge in [0.05, 0.1) is 15.4 Å². The average Bonchev–Trinajstić information content (AvgIpc) is 3.52. The van der Waals surface area contributed by atoms with Gasteiger partial charge in [-0.2, -0.15) is 10.1 Å². The molecule has 0 bridgehead atoms. The molecular weight excluding hydrogens is 533 g/mol. The molecular formula is C25H27Cl2N7O2S. The Morgan fingerprint density at radius 3 is 2.57 bits per heavy atom. The van der Waals surface area contributed by atoms with E-state index in [4.69, 9.17) is 23.2 Å². The Balaban J connectivity index is 1.29. The summed E-state index contributed by atoms with van der Waals surface area (Å²) in [5.41, 5.74) is 2.62. The SMILES string of the molecule is Cn1nc(-c2ccc(NS(=O)(=O)c3cccc(Cl)c3Cl)cc2)c2cnc(NCCCN3CCCC3)nc21. The number of anilines is 2. The molecule has 0 radical (unpaired) electrons. The maximum absolute atomic E-state index is 12.8. The highest BCUT2D eigenvalue weighted by atomic mass is 35.5. The number of fused-ring (bicyclic) bond motifs is 1. The van der Waals surface area contributed by atoms with Gasteiger partial charge in [0.1, 0.15) is 10.6 Å². The minimum absolute atomic E-state index is 0.0197. The standard InChI is InChI=1S/C25H27Cl2N7O2S/c1-33-24-19(16-29-25(30-24)28-12-5-15-34-13-2-3-14-34)23(31-33)17-8-10-18(11-9-17)32-37(35,36)21-7-4-6-20(26)22(21)27/h4,6-11,16,32H,2-3,5,12-15H2,1H3,(H,28,29,30). The van der Waals surface area contributed by atoms with Crippen molar-refractivity contribution in [2.75, 3.05) is 36.2 Å². The van der Waals surface area contributed by atoms with Gasteiger partial charge >= 0.3 is 0 Å². The van der Waals surface area contributed by atoms with E-state index in [-0.39, 0.29) is 14.9 Å². The average molecular weight is 561 g/mol. The van der Waals surface area contributed by atoms with Gasteiger partial charge in [0, 0.05) is 31.0 Å². The van der Waals surface area contributed by atoms with E-state index in [1.54, 1.807) is 35.1 Å². The molecule has 194 valence electrons. The molecule has 12 heteroatoms. The smallest absolute Gasteiger partial charge is 0.263 e. The van der Waals surface area contributed by atoms with Crippen molar-refractivity contribution in [3.05, 3.63) is 58.7 Å². The van der Waals surface area contributed by atoms with E-state index in [1.807, 2.05) is 7.05 Å².